The van der Waals surface area contributed by atoms with Crippen molar-refractivity contribution in [1.82, 2.24) is 0 Å². The predicted molar refractivity (Wildman–Crippen MR) is 111 cm³/mol. The van der Waals surface area contributed by atoms with Crippen LogP contribution in [-0.4, -0.2) is 5.91 Å². The van der Waals surface area contributed by atoms with E-state index in [1.54, 1.807) is 17.8 Å². The summed E-state index contributed by atoms with van der Waals surface area (Å²) in [6.45, 7) is 0. The van der Waals surface area contributed by atoms with Crippen LogP contribution < -0.4 is 5.32 Å². The highest BCUT2D eigenvalue weighted by Gasteiger charge is 2.10. The predicted octanol–water partition coefficient (Wildman–Crippen LogP) is 6.47. The van der Waals surface area contributed by atoms with E-state index in [-0.39, 0.29) is 12.3 Å². The van der Waals surface area contributed by atoms with Gasteiger partial charge in [-0.2, -0.15) is 0 Å². The Morgan fingerprint density at radius 1 is 0.885 bits per heavy atom. The molecule has 3 aromatic carbocycles. The van der Waals surface area contributed by atoms with Crippen molar-refractivity contribution in [2.24, 2.45) is 0 Å². The number of benzene rings is 3. The van der Waals surface area contributed by atoms with Gasteiger partial charge in [0.2, 0.25) is 5.91 Å². The van der Waals surface area contributed by atoms with Crippen molar-refractivity contribution in [2.75, 3.05) is 5.32 Å². The molecule has 0 atom stereocenters. The number of rotatable bonds is 6. The minimum Gasteiger partial charge on any atom is -0.325 e. The van der Waals surface area contributed by atoms with Gasteiger partial charge in [-0.3, -0.25) is 4.79 Å². The van der Waals surface area contributed by atoms with Crippen LogP contribution in [0.25, 0.3) is 0 Å². The minimum absolute atomic E-state index is 0.0855. The van der Waals surface area contributed by atoms with Crippen LogP contribution >= 0.6 is 35.0 Å². The monoisotopic (exact) mass is 401 g/mol. The number of anilines is 1. The summed E-state index contributed by atoms with van der Waals surface area (Å²) in [7, 11) is 0. The smallest absolute Gasteiger partial charge is 0.228 e. The molecule has 2 nitrogen and oxygen atoms in total. The van der Waals surface area contributed by atoms with Gasteiger partial charge in [-0.05, 0) is 41.5 Å². The number of para-hydroxylation sites is 1. The topological polar surface area (TPSA) is 29.1 Å². The van der Waals surface area contributed by atoms with Crippen LogP contribution in [0.5, 0.6) is 0 Å². The fourth-order valence-corrected chi connectivity index (χ4v) is 3.74. The third-order valence-electron chi connectivity index (χ3n) is 3.78. The van der Waals surface area contributed by atoms with E-state index >= 15 is 0 Å². The summed E-state index contributed by atoms with van der Waals surface area (Å²) in [6.07, 6.45) is 0.246. The number of carbonyl (C=O) groups is 1. The fourth-order valence-electron chi connectivity index (χ4n) is 2.45. The Morgan fingerprint density at radius 3 is 2.35 bits per heavy atom. The molecule has 0 saturated carbocycles. The molecule has 0 saturated heterocycles. The molecule has 0 aliphatic rings. The van der Waals surface area contributed by atoms with Gasteiger partial charge in [-0.25, -0.2) is 0 Å². The van der Waals surface area contributed by atoms with Crippen LogP contribution in [-0.2, 0) is 17.0 Å². The van der Waals surface area contributed by atoms with Crippen LogP contribution in [0.4, 0.5) is 5.69 Å². The van der Waals surface area contributed by atoms with Crippen LogP contribution in [0.1, 0.15) is 11.1 Å². The number of hydrogen-bond donors (Lipinski definition) is 1. The zero-order valence-corrected chi connectivity index (χ0v) is 16.2. The van der Waals surface area contributed by atoms with Gasteiger partial charge in [0, 0.05) is 20.7 Å². The second-order valence-electron chi connectivity index (χ2n) is 5.73. The lowest BCUT2D eigenvalue weighted by molar-refractivity contribution is -0.115. The summed E-state index contributed by atoms with van der Waals surface area (Å²) in [5.41, 5.74) is 2.80. The Labute approximate surface area is 167 Å². The highest BCUT2D eigenvalue weighted by Crippen LogP contribution is 2.30. The normalized spacial score (nSPS) is 10.5. The molecule has 3 aromatic rings. The molecule has 1 N–H and O–H groups in total. The first-order chi connectivity index (χ1) is 12.6. The molecule has 0 spiro atoms. The molecule has 0 fully saturated rings. The molecule has 0 bridgehead atoms. The molecular weight excluding hydrogens is 385 g/mol. The van der Waals surface area contributed by atoms with Crippen molar-refractivity contribution in [3.05, 3.63) is 94.0 Å². The highest BCUT2D eigenvalue weighted by atomic mass is 35.5. The molecule has 26 heavy (non-hydrogen) atoms. The van der Waals surface area contributed by atoms with Crippen LogP contribution in [0.3, 0.4) is 0 Å². The Kier molecular flexibility index (Phi) is 6.62. The number of thioether (sulfide) groups is 1. The van der Waals surface area contributed by atoms with Gasteiger partial charge in [0.25, 0.3) is 0 Å². The van der Waals surface area contributed by atoms with E-state index in [2.05, 4.69) is 5.32 Å². The van der Waals surface area contributed by atoms with Crippen molar-refractivity contribution >= 4 is 46.6 Å². The molecule has 0 heterocycles. The van der Waals surface area contributed by atoms with E-state index in [1.165, 1.54) is 5.56 Å². The Balaban J connectivity index is 1.65. The summed E-state index contributed by atoms with van der Waals surface area (Å²) in [4.78, 5) is 13.4. The maximum Gasteiger partial charge on any atom is 0.228 e. The molecule has 0 unspecified atom stereocenters. The summed E-state index contributed by atoms with van der Waals surface area (Å²) in [5.74, 6) is 0.715. The first-order valence-corrected chi connectivity index (χ1v) is 9.85. The lowest BCUT2D eigenvalue weighted by atomic mass is 10.1. The average molecular weight is 402 g/mol. The SMILES string of the molecule is O=C(Cc1ccccc1Cl)Nc1ccccc1SCc1ccc(Cl)cc1. The second-order valence-corrected chi connectivity index (χ2v) is 7.59. The minimum atomic E-state index is -0.0855. The van der Waals surface area contributed by atoms with Gasteiger partial charge in [0.15, 0.2) is 0 Å². The first-order valence-electron chi connectivity index (χ1n) is 8.11. The van der Waals surface area contributed by atoms with Crippen molar-refractivity contribution < 1.29 is 4.79 Å². The first kappa shape index (κ1) is 18.8. The Bertz CT molecular complexity index is 897. The van der Waals surface area contributed by atoms with E-state index < -0.39 is 0 Å². The number of nitrogens with one attached hydrogen (secondary N) is 1. The number of hydrogen-bond acceptors (Lipinski definition) is 2. The van der Waals surface area contributed by atoms with Crippen molar-refractivity contribution in [3.63, 3.8) is 0 Å². The summed E-state index contributed by atoms with van der Waals surface area (Å²) in [6, 6.07) is 23.0. The zero-order chi connectivity index (χ0) is 18.4. The quantitative estimate of drug-likeness (QED) is 0.479. The summed E-state index contributed by atoms with van der Waals surface area (Å²) >= 11 is 13.7. The average Bonchev–Trinajstić information content (AvgIpc) is 2.64. The zero-order valence-electron chi connectivity index (χ0n) is 13.9. The van der Waals surface area contributed by atoms with Crippen molar-refractivity contribution in [3.8, 4) is 0 Å². The van der Waals surface area contributed by atoms with Crippen molar-refractivity contribution in [2.45, 2.75) is 17.1 Å². The molecule has 0 aliphatic heterocycles. The van der Waals surface area contributed by atoms with Crippen molar-refractivity contribution in [1.29, 1.82) is 0 Å². The maximum atomic E-state index is 12.4. The molecule has 3 rings (SSSR count). The van der Waals surface area contributed by atoms with Gasteiger partial charge >= 0.3 is 0 Å². The lowest BCUT2D eigenvalue weighted by Crippen LogP contribution is -2.15. The molecule has 0 aliphatic carbocycles. The third-order valence-corrected chi connectivity index (χ3v) is 5.54. The maximum absolute atomic E-state index is 12.4. The Hall–Kier alpha value is -1.94. The van der Waals surface area contributed by atoms with Gasteiger partial charge in [0.05, 0.1) is 12.1 Å². The highest BCUT2D eigenvalue weighted by molar-refractivity contribution is 7.98. The lowest BCUT2D eigenvalue weighted by Gasteiger charge is -2.11. The summed E-state index contributed by atoms with van der Waals surface area (Å²) in [5, 5.41) is 4.32. The van der Waals surface area contributed by atoms with E-state index in [9.17, 15) is 4.79 Å². The van der Waals surface area contributed by atoms with Gasteiger partial charge in [-0.1, -0.05) is 65.7 Å². The summed E-state index contributed by atoms with van der Waals surface area (Å²) < 4.78 is 0. The molecule has 1 amide bonds. The van der Waals surface area contributed by atoms with E-state index in [0.717, 1.165) is 26.9 Å². The van der Waals surface area contributed by atoms with Crippen LogP contribution in [0.15, 0.2) is 77.7 Å². The Morgan fingerprint density at radius 2 is 1.58 bits per heavy atom. The fraction of sp³-hybridized carbons (Fsp3) is 0.0952. The molecule has 0 radical (unpaired) electrons. The van der Waals surface area contributed by atoms with Crippen LogP contribution in [0, 0.1) is 0 Å². The number of amides is 1. The molecule has 5 heteroatoms. The van der Waals surface area contributed by atoms with Crippen LogP contribution in [0.2, 0.25) is 10.0 Å². The number of carbonyl (C=O) groups excluding carboxylic acids is 1. The standard InChI is InChI=1S/C21H17Cl2NOS/c22-17-11-9-15(10-12-17)14-26-20-8-4-3-7-19(20)24-21(25)13-16-5-1-2-6-18(16)23/h1-12H,13-14H2,(H,24,25). The number of halogens is 2. The van der Waals surface area contributed by atoms with Gasteiger partial charge in [-0.15, -0.1) is 11.8 Å². The molecule has 0 aromatic heterocycles. The molecule has 132 valence electrons. The van der Waals surface area contributed by atoms with Gasteiger partial charge in [0.1, 0.15) is 0 Å². The third kappa shape index (κ3) is 5.28. The van der Waals surface area contributed by atoms with E-state index in [1.807, 2.05) is 66.7 Å². The largest absolute Gasteiger partial charge is 0.325 e. The van der Waals surface area contributed by atoms with E-state index in [4.69, 9.17) is 23.2 Å². The molecular formula is C21H17Cl2NOS. The van der Waals surface area contributed by atoms with E-state index in [0.29, 0.717) is 5.02 Å². The van der Waals surface area contributed by atoms with Gasteiger partial charge < -0.3 is 5.32 Å². The second kappa shape index (κ2) is 9.13.